The lowest BCUT2D eigenvalue weighted by atomic mass is 10.1. The van der Waals surface area contributed by atoms with E-state index in [9.17, 15) is 13.2 Å². The number of amides is 1. The van der Waals surface area contributed by atoms with E-state index >= 15 is 0 Å². The van der Waals surface area contributed by atoms with Crippen molar-refractivity contribution in [3.63, 3.8) is 0 Å². The van der Waals surface area contributed by atoms with Gasteiger partial charge in [0.1, 0.15) is 5.75 Å². The van der Waals surface area contributed by atoms with E-state index in [1.807, 2.05) is 31.2 Å². The molecule has 1 N–H and O–H groups in total. The highest BCUT2D eigenvalue weighted by atomic mass is 32.2. The first kappa shape index (κ1) is 20.9. The molecule has 0 aliphatic carbocycles. The monoisotopic (exact) mass is 390 g/mol. The van der Waals surface area contributed by atoms with E-state index in [4.69, 9.17) is 4.74 Å². The quantitative estimate of drug-likeness (QED) is 0.714. The molecule has 0 bridgehead atoms. The van der Waals surface area contributed by atoms with Crippen molar-refractivity contribution in [2.75, 3.05) is 20.7 Å². The van der Waals surface area contributed by atoms with Crippen molar-refractivity contribution in [2.45, 2.75) is 31.2 Å². The summed E-state index contributed by atoms with van der Waals surface area (Å²) in [6.45, 7) is 2.65. The summed E-state index contributed by atoms with van der Waals surface area (Å²) in [7, 11) is -0.584. The Hall–Kier alpha value is -2.38. The van der Waals surface area contributed by atoms with Gasteiger partial charge in [0, 0.05) is 27.1 Å². The van der Waals surface area contributed by atoms with E-state index in [1.165, 1.54) is 14.1 Å². The fourth-order valence-corrected chi connectivity index (χ4v) is 3.75. The first-order valence-electron chi connectivity index (χ1n) is 8.84. The summed E-state index contributed by atoms with van der Waals surface area (Å²) >= 11 is 0. The third-order valence-corrected chi connectivity index (χ3v) is 6.02. The lowest BCUT2D eigenvalue weighted by Crippen LogP contribution is -2.27. The number of ether oxygens (including phenoxy) is 1. The minimum absolute atomic E-state index is 0.140. The van der Waals surface area contributed by atoms with Crippen LogP contribution in [0.1, 0.15) is 24.5 Å². The summed E-state index contributed by atoms with van der Waals surface area (Å²) in [5.74, 6) is 0.647. The van der Waals surface area contributed by atoms with Gasteiger partial charge in [0.2, 0.25) is 15.9 Å². The van der Waals surface area contributed by atoms with E-state index in [2.05, 4.69) is 5.32 Å². The van der Waals surface area contributed by atoms with Crippen molar-refractivity contribution in [2.24, 2.45) is 0 Å². The summed E-state index contributed by atoms with van der Waals surface area (Å²) in [4.78, 5) is 12.4. The maximum atomic E-state index is 12.4. The van der Waals surface area contributed by atoms with Crippen LogP contribution in [0.15, 0.2) is 53.4 Å². The zero-order valence-electron chi connectivity index (χ0n) is 15.9. The topological polar surface area (TPSA) is 75.7 Å². The second-order valence-corrected chi connectivity index (χ2v) is 8.33. The van der Waals surface area contributed by atoms with Crippen LogP contribution in [0, 0.1) is 0 Å². The number of rotatable bonds is 9. The van der Waals surface area contributed by atoms with Crippen molar-refractivity contribution in [3.05, 3.63) is 59.7 Å². The van der Waals surface area contributed by atoms with Gasteiger partial charge in [-0.05, 0) is 36.6 Å². The van der Waals surface area contributed by atoms with Crippen molar-refractivity contribution >= 4 is 15.9 Å². The summed E-state index contributed by atoms with van der Waals surface area (Å²) in [5, 5.41) is 2.81. The number of nitrogens with zero attached hydrogens (tertiary/aromatic N) is 1. The summed E-state index contributed by atoms with van der Waals surface area (Å²) in [5.41, 5.74) is 1.54. The van der Waals surface area contributed by atoms with Crippen molar-refractivity contribution in [1.82, 2.24) is 9.62 Å². The van der Waals surface area contributed by atoms with Crippen LogP contribution in [0.3, 0.4) is 0 Å². The van der Waals surface area contributed by atoms with Crippen molar-refractivity contribution in [3.8, 4) is 5.75 Å². The third-order valence-electron chi connectivity index (χ3n) is 4.10. The predicted octanol–water partition coefficient (Wildman–Crippen LogP) is 2.58. The van der Waals surface area contributed by atoms with Crippen LogP contribution in [-0.4, -0.2) is 39.3 Å². The zero-order valence-corrected chi connectivity index (χ0v) is 16.8. The van der Waals surface area contributed by atoms with Gasteiger partial charge < -0.3 is 10.1 Å². The summed E-state index contributed by atoms with van der Waals surface area (Å²) in [6.07, 6.45) is 0.854. The van der Waals surface area contributed by atoms with Gasteiger partial charge in [-0.2, -0.15) is 0 Å². The Balaban J connectivity index is 1.99. The molecule has 2 aromatic rings. The largest absolute Gasteiger partial charge is 0.494 e. The highest BCUT2D eigenvalue weighted by Crippen LogP contribution is 2.20. The number of carbonyl (C=O) groups is 1. The number of hydrogen-bond donors (Lipinski definition) is 1. The van der Waals surface area contributed by atoms with Gasteiger partial charge in [-0.25, -0.2) is 12.7 Å². The molecule has 0 aliphatic rings. The molecule has 0 heterocycles. The van der Waals surface area contributed by atoms with Crippen LogP contribution in [0.5, 0.6) is 5.75 Å². The number of sulfonamides is 1. The molecule has 0 saturated carbocycles. The molecule has 1 amide bonds. The van der Waals surface area contributed by atoms with Gasteiger partial charge in [-0.1, -0.05) is 36.4 Å². The molecule has 0 saturated heterocycles. The maximum absolute atomic E-state index is 12.4. The molecule has 146 valence electrons. The zero-order chi connectivity index (χ0) is 19.9. The Labute approximate surface area is 161 Å². The van der Waals surface area contributed by atoms with E-state index in [1.54, 1.807) is 24.3 Å². The van der Waals surface area contributed by atoms with Crippen LogP contribution in [0.2, 0.25) is 0 Å². The average Bonchev–Trinajstić information content (AvgIpc) is 2.66. The lowest BCUT2D eigenvalue weighted by Gasteiger charge is -2.15. The van der Waals surface area contributed by atoms with E-state index in [-0.39, 0.29) is 17.3 Å². The minimum atomic E-state index is -3.56. The molecule has 7 heteroatoms. The van der Waals surface area contributed by atoms with Crippen LogP contribution in [0.25, 0.3) is 0 Å². The first-order chi connectivity index (χ1) is 12.9. The molecule has 0 unspecified atom stereocenters. The minimum Gasteiger partial charge on any atom is -0.494 e. The number of carbonyl (C=O) groups excluding carboxylic acids is 1. The first-order valence-corrected chi connectivity index (χ1v) is 10.3. The lowest BCUT2D eigenvalue weighted by molar-refractivity contribution is -0.121. The van der Waals surface area contributed by atoms with Crippen LogP contribution < -0.4 is 10.1 Å². The predicted molar refractivity (Wildman–Crippen MR) is 105 cm³/mol. The fourth-order valence-electron chi connectivity index (χ4n) is 2.64. The number of hydrogen-bond acceptors (Lipinski definition) is 4. The van der Waals surface area contributed by atoms with Crippen LogP contribution >= 0.6 is 0 Å². The molecule has 6 nitrogen and oxygen atoms in total. The molecule has 27 heavy (non-hydrogen) atoms. The smallest absolute Gasteiger partial charge is 0.242 e. The number of nitrogens with one attached hydrogen (secondary N) is 1. The summed E-state index contributed by atoms with van der Waals surface area (Å²) < 4.78 is 31.5. The standard InChI is InChI=1S/C20H26N2O4S/c1-4-26-18-11-7-5-9-16(18)13-14-20(23)21-15-17-10-6-8-12-19(17)27(24,25)22(2)3/h5-12H,4,13-15H2,1-3H3,(H,21,23). The molecule has 0 fully saturated rings. The van der Waals surface area contributed by atoms with E-state index in [0.717, 1.165) is 15.6 Å². The Kier molecular flexibility index (Phi) is 7.38. The van der Waals surface area contributed by atoms with Gasteiger partial charge in [-0.15, -0.1) is 0 Å². The number of para-hydroxylation sites is 1. The highest BCUT2D eigenvalue weighted by Gasteiger charge is 2.20. The SMILES string of the molecule is CCOc1ccccc1CCC(=O)NCc1ccccc1S(=O)(=O)N(C)C. The highest BCUT2D eigenvalue weighted by molar-refractivity contribution is 7.89. The fraction of sp³-hybridized carbons (Fsp3) is 0.350. The molecule has 0 atom stereocenters. The van der Waals surface area contributed by atoms with Gasteiger partial charge in [0.15, 0.2) is 0 Å². The molecular weight excluding hydrogens is 364 g/mol. The van der Waals surface area contributed by atoms with Gasteiger partial charge in [0.25, 0.3) is 0 Å². The van der Waals surface area contributed by atoms with Crippen molar-refractivity contribution in [1.29, 1.82) is 0 Å². The Morgan fingerprint density at radius 3 is 2.33 bits per heavy atom. The second kappa shape index (κ2) is 9.53. The van der Waals surface area contributed by atoms with Crippen molar-refractivity contribution < 1.29 is 17.9 Å². The molecule has 0 radical (unpaired) electrons. The third kappa shape index (κ3) is 5.55. The molecule has 0 spiro atoms. The van der Waals surface area contributed by atoms with Gasteiger partial charge in [0.05, 0.1) is 11.5 Å². The van der Waals surface area contributed by atoms with E-state index in [0.29, 0.717) is 25.0 Å². The maximum Gasteiger partial charge on any atom is 0.242 e. The molecule has 2 rings (SSSR count). The van der Waals surface area contributed by atoms with Crippen LogP contribution in [0.4, 0.5) is 0 Å². The normalized spacial score (nSPS) is 11.4. The Morgan fingerprint density at radius 1 is 1.04 bits per heavy atom. The number of aryl methyl sites for hydroxylation is 1. The molecule has 2 aromatic carbocycles. The number of benzene rings is 2. The van der Waals surface area contributed by atoms with Gasteiger partial charge >= 0.3 is 0 Å². The second-order valence-electron chi connectivity index (χ2n) is 6.21. The van der Waals surface area contributed by atoms with Gasteiger partial charge in [-0.3, -0.25) is 4.79 Å². The Morgan fingerprint density at radius 2 is 1.67 bits per heavy atom. The summed E-state index contributed by atoms with van der Waals surface area (Å²) in [6, 6.07) is 14.3. The van der Waals surface area contributed by atoms with E-state index < -0.39 is 10.0 Å². The Bertz CT molecular complexity index is 879. The van der Waals surface area contributed by atoms with Crippen LogP contribution in [-0.2, 0) is 27.8 Å². The molecule has 0 aliphatic heterocycles. The molecular formula is C20H26N2O4S. The average molecular weight is 391 g/mol. The molecule has 0 aromatic heterocycles.